The molecule has 0 atom stereocenters. The van der Waals surface area contributed by atoms with Gasteiger partial charge in [-0.05, 0) is 49.6 Å². The lowest BCUT2D eigenvalue weighted by atomic mass is 10.1. The summed E-state index contributed by atoms with van der Waals surface area (Å²) in [6, 6.07) is 15.0. The first-order valence-corrected chi connectivity index (χ1v) is 7.25. The van der Waals surface area contributed by atoms with E-state index in [-0.39, 0.29) is 0 Å². The van der Waals surface area contributed by atoms with Crippen molar-refractivity contribution in [3.8, 4) is 0 Å². The second-order valence-electron chi connectivity index (χ2n) is 5.33. The van der Waals surface area contributed by atoms with Crippen LogP contribution in [-0.2, 0) is 9.59 Å². The van der Waals surface area contributed by atoms with Crippen LogP contribution in [0.2, 0.25) is 0 Å². The van der Waals surface area contributed by atoms with Gasteiger partial charge in [-0.25, -0.2) is 5.43 Å². The molecule has 0 aliphatic carbocycles. The normalized spacial score (nSPS) is 11.0. The van der Waals surface area contributed by atoms with Gasteiger partial charge < -0.3 is 5.32 Å². The number of aryl methyl sites for hydroxylation is 2. The molecule has 0 bridgehead atoms. The number of benzene rings is 2. The van der Waals surface area contributed by atoms with Crippen LogP contribution >= 0.6 is 0 Å². The smallest absolute Gasteiger partial charge is 0.318 e. The summed E-state index contributed by atoms with van der Waals surface area (Å²) in [4.78, 5) is 23.7. The summed E-state index contributed by atoms with van der Waals surface area (Å²) in [5.74, 6) is -1.56. The molecule has 0 aromatic heterocycles. The molecule has 0 radical (unpaired) electrons. The minimum absolute atomic E-state index is 0.589. The lowest BCUT2D eigenvalue weighted by molar-refractivity contribution is -0.136. The zero-order valence-electron chi connectivity index (χ0n) is 13.4. The van der Waals surface area contributed by atoms with Crippen molar-refractivity contribution < 1.29 is 9.59 Å². The molecule has 118 valence electrons. The van der Waals surface area contributed by atoms with E-state index >= 15 is 0 Å². The molecule has 0 fully saturated rings. The number of carbonyl (C=O) groups excluding carboxylic acids is 2. The second-order valence-corrected chi connectivity index (χ2v) is 5.33. The minimum atomic E-state index is -0.806. The van der Waals surface area contributed by atoms with Gasteiger partial charge in [0.1, 0.15) is 0 Å². The lowest BCUT2D eigenvalue weighted by Gasteiger charge is -2.07. The van der Waals surface area contributed by atoms with Crippen LogP contribution in [0.4, 0.5) is 5.69 Å². The highest BCUT2D eigenvalue weighted by Crippen LogP contribution is 2.13. The molecule has 2 rings (SSSR count). The maximum Gasteiger partial charge on any atom is 0.329 e. The van der Waals surface area contributed by atoms with Gasteiger partial charge in [0.25, 0.3) is 0 Å². The van der Waals surface area contributed by atoms with E-state index in [1.807, 2.05) is 50.2 Å². The molecule has 0 aliphatic rings. The van der Waals surface area contributed by atoms with E-state index < -0.39 is 11.8 Å². The van der Waals surface area contributed by atoms with Crippen LogP contribution < -0.4 is 10.7 Å². The first-order valence-electron chi connectivity index (χ1n) is 7.25. The molecule has 23 heavy (non-hydrogen) atoms. The van der Waals surface area contributed by atoms with Crippen LogP contribution in [0.1, 0.15) is 23.6 Å². The highest BCUT2D eigenvalue weighted by Gasteiger charge is 2.13. The van der Waals surface area contributed by atoms with Crippen LogP contribution in [0.3, 0.4) is 0 Å². The topological polar surface area (TPSA) is 70.6 Å². The molecule has 2 N–H and O–H groups in total. The van der Waals surface area contributed by atoms with Gasteiger partial charge >= 0.3 is 11.8 Å². The number of nitrogens with zero attached hydrogens (tertiary/aromatic N) is 1. The van der Waals surface area contributed by atoms with E-state index in [4.69, 9.17) is 0 Å². The van der Waals surface area contributed by atoms with Gasteiger partial charge in [0.2, 0.25) is 0 Å². The highest BCUT2D eigenvalue weighted by molar-refractivity contribution is 6.39. The predicted octanol–water partition coefficient (Wildman–Crippen LogP) is 2.78. The van der Waals surface area contributed by atoms with Crippen molar-refractivity contribution in [1.29, 1.82) is 0 Å². The molecule has 0 aliphatic heterocycles. The summed E-state index contributed by atoms with van der Waals surface area (Å²) >= 11 is 0. The van der Waals surface area contributed by atoms with Crippen molar-refractivity contribution in [1.82, 2.24) is 5.43 Å². The van der Waals surface area contributed by atoms with E-state index in [2.05, 4.69) is 15.8 Å². The number of hydrogen-bond donors (Lipinski definition) is 2. The van der Waals surface area contributed by atoms with Crippen LogP contribution in [0, 0.1) is 13.8 Å². The Balaban J connectivity index is 1.99. The first kappa shape index (κ1) is 16.4. The van der Waals surface area contributed by atoms with Crippen molar-refractivity contribution in [2.45, 2.75) is 20.8 Å². The number of rotatable bonds is 3. The Kier molecular flexibility index (Phi) is 5.25. The minimum Gasteiger partial charge on any atom is -0.318 e. The molecule has 0 spiro atoms. The molecule has 2 aromatic rings. The van der Waals surface area contributed by atoms with Gasteiger partial charge in [-0.2, -0.15) is 5.10 Å². The number of anilines is 1. The molecule has 0 saturated heterocycles. The summed E-state index contributed by atoms with van der Waals surface area (Å²) < 4.78 is 0. The monoisotopic (exact) mass is 309 g/mol. The van der Waals surface area contributed by atoms with Crippen LogP contribution in [0.25, 0.3) is 0 Å². The summed E-state index contributed by atoms with van der Waals surface area (Å²) in [6.07, 6.45) is 0. The maximum absolute atomic E-state index is 11.9. The van der Waals surface area contributed by atoms with Crippen molar-refractivity contribution in [3.05, 3.63) is 65.2 Å². The molecular weight excluding hydrogens is 290 g/mol. The fourth-order valence-electron chi connectivity index (χ4n) is 2.16. The van der Waals surface area contributed by atoms with E-state index in [1.165, 1.54) is 0 Å². The second kappa shape index (κ2) is 7.35. The average Bonchev–Trinajstić information content (AvgIpc) is 2.52. The van der Waals surface area contributed by atoms with Crippen LogP contribution in [0.15, 0.2) is 53.6 Å². The Bertz CT molecular complexity index is 732. The van der Waals surface area contributed by atoms with Crippen molar-refractivity contribution in [3.63, 3.8) is 0 Å². The van der Waals surface area contributed by atoms with Gasteiger partial charge in [0, 0.05) is 5.69 Å². The molecular formula is C18H19N3O2. The largest absolute Gasteiger partial charge is 0.329 e. The Hall–Kier alpha value is -2.95. The standard InChI is InChI=1S/C18H19N3O2/c1-12-9-13(2)11-16(10-12)19-17(22)18(23)21-20-14(3)15-7-5-4-6-8-15/h4-11H,1-3H3,(H,19,22)(H,21,23)/b20-14+. The fraction of sp³-hybridized carbons (Fsp3) is 0.167. The molecule has 5 nitrogen and oxygen atoms in total. The Morgan fingerprint density at radius 3 is 2.13 bits per heavy atom. The van der Waals surface area contributed by atoms with Crippen molar-refractivity contribution >= 4 is 23.2 Å². The number of carbonyl (C=O) groups is 2. The summed E-state index contributed by atoms with van der Waals surface area (Å²) in [5.41, 5.74) is 6.38. The Morgan fingerprint density at radius 2 is 1.52 bits per heavy atom. The molecule has 2 amide bonds. The molecule has 0 unspecified atom stereocenters. The molecule has 2 aromatic carbocycles. The van der Waals surface area contributed by atoms with Crippen molar-refractivity contribution in [2.75, 3.05) is 5.32 Å². The van der Waals surface area contributed by atoms with E-state index in [1.54, 1.807) is 19.1 Å². The number of hydrogen-bond acceptors (Lipinski definition) is 3. The average molecular weight is 309 g/mol. The van der Waals surface area contributed by atoms with E-state index in [9.17, 15) is 9.59 Å². The first-order chi connectivity index (χ1) is 11.0. The van der Waals surface area contributed by atoms with Gasteiger partial charge in [0.05, 0.1) is 5.71 Å². The summed E-state index contributed by atoms with van der Waals surface area (Å²) in [5, 5.41) is 6.52. The van der Waals surface area contributed by atoms with Gasteiger partial charge in [-0.15, -0.1) is 0 Å². The zero-order valence-corrected chi connectivity index (χ0v) is 13.4. The van der Waals surface area contributed by atoms with Crippen LogP contribution in [-0.4, -0.2) is 17.5 Å². The zero-order chi connectivity index (χ0) is 16.8. The third-order valence-electron chi connectivity index (χ3n) is 3.20. The molecule has 0 heterocycles. The van der Waals surface area contributed by atoms with Crippen LogP contribution in [0.5, 0.6) is 0 Å². The highest BCUT2D eigenvalue weighted by atomic mass is 16.2. The summed E-state index contributed by atoms with van der Waals surface area (Å²) in [6.45, 7) is 5.61. The SMILES string of the molecule is C/C(=N\NC(=O)C(=O)Nc1cc(C)cc(C)c1)c1ccccc1. The number of amides is 2. The predicted molar refractivity (Wildman–Crippen MR) is 91.3 cm³/mol. The van der Waals surface area contributed by atoms with Gasteiger partial charge in [-0.3, -0.25) is 9.59 Å². The molecule has 0 saturated carbocycles. The summed E-state index contributed by atoms with van der Waals surface area (Å²) in [7, 11) is 0. The Labute approximate surface area is 135 Å². The maximum atomic E-state index is 11.9. The Morgan fingerprint density at radius 1 is 0.913 bits per heavy atom. The molecule has 5 heteroatoms. The number of nitrogens with one attached hydrogen (secondary N) is 2. The number of hydrazone groups is 1. The fourth-order valence-corrected chi connectivity index (χ4v) is 2.16. The van der Waals surface area contributed by atoms with Gasteiger partial charge in [0.15, 0.2) is 0 Å². The third kappa shape index (κ3) is 4.78. The third-order valence-corrected chi connectivity index (χ3v) is 3.20. The van der Waals surface area contributed by atoms with E-state index in [0.717, 1.165) is 16.7 Å². The quantitative estimate of drug-likeness (QED) is 0.520. The van der Waals surface area contributed by atoms with Gasteiger partial charge in [-0.1, -0.05) is 36.4 Å². The van der Waals surface area contributed by atoms with E-state index in [0.29, 0.717) is 11.4 Å². The van der Waals surface area contributed by atoms with Crippen molar-refractivity contribution in [2.24, 2.45) is 5.10 Å². The lowest BCUT2D eigenvalue weighted by Crippen LogP contribution is -2.33.